The Labute approximate surface area is 354 Å². The van der Waals surface area contributed by atoms with Gasteiger partial charge in [-0.25, -0.2) is 0 Å². The summed E-state index contributed by atoms with van der Waals surface area (Å²) in [6.07, 6.45) is 24.2. The molecule has 1 saturated carbocycles. The first kappa shape index (κ1) is 51.7. The highest BCUT2D eigenvalue weighted by atomic mass is 16.5. The average molecular weight is 799 g/mol. The SMILES string of the molecule is CCC(C)(OCCC(C)CCC=C(C)C)C(C)(C)CCCC(C)CCOC(C)(CC)C(C)(C)CCCC(C)CCOC(=O)C1C(C=O)C2(C(C)C)C=CC1(C)CC2. The van der Waals surface area contributed by atoms with Gasteiger partial charge in [-0.15, -0.1) is 0 Å². The average Bonchev–Trinajstić information content (AvgIpc) is 3.13. The minimum Gasteiger partial charge on any atom is -0.465 e. The molecule has 0 aliphatic heterocycles. The van der Waals surface area contributed by atoms with Crippen LogP contribution in [0.2, 0.25) is 0 Å². The highest BCUT2D eigenvalue weighted by Crippen LogP contribution is 2.61. The van der Waals surface area contributed by atoms with E-state index in [1.807, 2.05) is 0 Å². The largest absolute Gasteiger partial charge is 0.465 e. The zero-order valence-corrected chi connectivity index (χ0v) is 40.5. The third kappa shape index (κ3) is 13.8. The van der Waals surface area contributed by atoms with E-state index in [1.54, 1.807) is 0 Å². The van der Waals surface area contributed by atoms with E-state index in [0.717, 1.165) is 83.7 Å². The van der Waals surface area contributed by atoms with Crippen molar-refractivity contribution >= 4 is 12.3 Å². The van der Waals surface area contributed by atoms with Crippen LogP contribution in [0, 0.1) is 57.2 Å². The molecule has 2 bridgehead atoms. The van der Waals surface area contributed by atoms with E-state index in [2.05, 4.69) is 129 Å². The van der Waals surface area contributed by atoms with Crippen LogP contribution < -0.4 is 0 Å². The van der Waals surface area contributed by atoms with Gasteiger partial charge in [-0.05, 0) is 138 Å². The van der Waals surface area contributed by atoms with Crippen LogP contribution in [0.1, 0.15) is 207 Å². The van der Waals surface area contributed by atoms with Crippen molar-refractivity contribution in [2.24, 2.45) is 57.2 Å². The summed E-state index contributed by atoms with van der Waals surface area (Å²) in [6.45, 7) is 38.8. The molecule has 9 atom stereocenters. The van der Waals surface area contributed by atoms with Crippen molar-refractivity contribution in [1.29, 1.82) is 0 Å². The molecule has 0 amide bonds. The van der Waals surface area contributed by atoms with Crippen molar-refractivity contribution in [3.63, 3.8) is 0 Å². The Morgan fingerprint density at radius 2 is 1.19 bits per heavy atom. The molecule has 3 aliphatic carbocycles. The summed E-state index contributed by atoms with van der Waals surface area (Å²) in [5.41, 5.74) is 0.777. The van der Waals surface area contributed by atoms with Crippen molar-refractivity contribution in [1.82, 2.24) is 0 Å². The van der Waals surface area contributed by atoms with Crippen molar-refractivity contribution in [2.75, 3.05) is 19.8 Å². The molecule has 3 aliphatic rings. The summed E-state index contributed by atoms with van der Waals surface area (Å²) < 4.78 is 19.4. The fraction of sp³-hybridized carbons (Fsp3) is 0.885. The lowest BCUT2D eigenvalue weighted by Gasteiger charge is -2.56. The van der Waals surface area contributed by atoms with Gasteiger partial charge in [0.05, 0.1) is 23.7 Å². The lowest BCUT2D eigenvalue weighted by molar-refractivity contribution is -0.166. The van der Waals surface area contributed by atoms with Crippen LogP contribution in [-0.2, 0) is 23.8 Å². The zero-order chi connectivity index (χ0) is 43.3. The summed E-state index contributed by atoms with van der Waals surface area (Å²) in [7, 11) is 0. The van der Waals surface area contributed by atoms with Gasteiger partial charge in [0.1, 0.15) is 6.29 Å². The molecule has 5 nitrogen and oxygen atoms in total. The molecular weight excluding hydrogens is 705 g/mol. The van der Waals surface area contributed by atoms with Crippen LogP contribution in [0.4, 0.5) is 0 Å². The summed E-state index contributed by atoms with van der Waals surface area (Å²) in [5, 5.41) is 0. The Kier molecular flexibility index (Phi) is 20.3. The molecule has 1 fully saturated rings. The van der Waals surface area contributed by atoms with Gasteiger partial charge in [0.25, 0.3) is 0 Å². The second kappa shape index (κ2) is 22.4. The molecular formula is C52H94O5. The van der Waals surface area contributed by atoms with E-state index in [-0.39, 0.29) is 50.7 Å². The van der Waals surface area contributed by atoms with Crippen LogP contribution in [0.25, 0.3) is 0 Å². The minimum absolute atomic E-state index is 0.0503. The second-order valence-corrected chi connectivity index (χ2v) is 21.9. The predicted octanol–water partition coefficient (Wildman–Crippen LogP) is 14.6. The third-order valence-corrected chi connectivity index (χ3v) is 16.4. The van der Waals surface area contributed by atoms with Gasteiger partial charge in [0.15, 0.2) is 0 Å². The maximum atomic E-state index is 13.5. The molecule has 0 radical (unpaired) electrons. The molecule has 0 aromatic rings. The summed E-state index contributed by atoms with van der Waals surface area (Å²) in [5.74, 6) is 1.21. The number of hydrogen-bond acceptors (Lipinski definition) is 5. The van der Waals surface area contributed by atoms with Gasteiger partial charge in [-0.2, -0.15) is 0 Å². The van der Waals surface area contributed by atoms with Crippen molar-refractivity contribution in [3.8, 4) is 0 Å². The quantitative estimate of drug-likeness (QED) is 0.0428. The Bertz CT molecular complexity index is 1270. The fourth-order valence-corrected chi connectivity index (χ4v) is 10.1. The van der Waals surface area contributed by atoms with Crippen LogP contribution in [0.5, 0.6) is 0 Å². The van der Waals surface area contributed by atoms with Crippen LogP contribution in [0.15, 0.2) is 23.8 Å². The normalized spacial score (nSPS) is 26.1. The number of ether oxygens (including phenoxy) is 3. The van der Waals surface area contributed by atoms with Gasteiger partial charge in [-0.1, -0.05) is 133 Å². The number of esters is 1. The molecule has 0 heterocycles. The highest BCUT2D eigenvalue weighted by molar-refractivity contribution is 5.80. The van der Waals surface area contributed by atoms with Crippen LogP contribution >= 0.6 is 0 Å². The zero-order valence-electron chi connectivity index (χ0n) is 40.5. The van der Waals surface area contributed by atoms with E-state index >= 15 is 0 Å². The summed E-state index contributed by atoms with van der Waals surface area (Å²) in [6, 6.07) is 0. The standard InChI is InChI=1S/C52H94O5/c1-17-50(15,56-36-27-41(7)23-19-22-39(3)4)48(12,13)30-21-25-43(9)28-37-57-51(16,18-2)47(10,11)29-20-24-42(8)26-35-55-46(54)45-44(38-53)52(40(5)6)33-31-49(45,14)32-34-52/h22,31,33,38,40-45H,17-21,23-30,32,34-37H2,1-16H3. The highest BCUT2D eigenvalue weighted by Gasteiger charge is 2.59. The molecule has 3 rings (SSSR count). The first-order valence-corrected chi connectivity index (χ1v) is 23.7. The molecule has 9 unspecified atom stereocenters. The van der Waals surface area contributed by atoms with E-state index < -0.39 is 0 Å². The monoisotopic (exact) mass is 799 g/mol. The Balaban J connectivity index is 1.75. The van der Waals surface area contributed by atoms with E-state index in [1.165, 1.54) is 37.7 Å². The summed E-state index contributed by atoms with van der Waals surface area (Å²) in [4.78, 5) is 25.9. The maximum absolute atomic E-state index is 13.5. The Hall–Kier alpha value is -1.46. The van der Waals surface area contributed by atoms with Crippen LogP contribution in [-0.4, -0.2) is 43.3 Å². The van der Waals surface area contributed by atoms with Crippen molar-refractivity contribution in [2.45, 2.75) is 218 Å². The lowest BCUT2D eigenvalue weighted by atomic mass is 9.46. The lowest BCUT2D eigenvalue weighted by Crippen LogP contribution is -2.56. The maximum Gasteiger partial charge on any atom is 0.310 e. The predicted molar refractivity (Wildman–Crippen MR) is 242 cm³/mol. The van der Waals surface area contributed by atoms with E-state index in [4.69, 9.17) is 14.2 Å². The number of hydrogen-bond donors (Lipinski definition) is 0. The van der Waals surface area contributed by atoms with Crippen molar-refractivity contribution < 1.29 is 23.8 Å². The number of carbonyl (C=O) groups is 2. The van der Waals surface area contributed by atoms with Gasteiger partial charge >= 0.3 is 5.97 Å². The Morgan fingerprint density at radius 1 is 0.719 bits per heavy atom. The topological polar surface area (TPSA) is 61.8 Å². The molecule has 0 N–H and O–H groups in total. The first-order valence-electron chi connectivity index (χ1n) is 23.7. The molecule has 0 aromatic carbocycles. The van der Waals surface area contributed by atoms with Gasteiger partial charge in [-0.3, -0.25) is 4.79 Å². The van der Waals surface area contributed by atoms with Crippen LogP contribution in [0.3, 0.4) is 0 Å². The van der Waals surface area contributed by atoms with Crippen molar-refractivity contribution in [3.05, 3.63) is 23.8 Å². The molecule has 5 heteroatoms. The smallest absolute Gasteiger partial charge is 0.310 e. The van der Waals surface area contributed by atoms with Gasteiger partial charge < -0.3 is 19.0 Å². The molecule has 0 aromatic heterocycles. The molecule has 332 valence electrons. The third-order valence-electron chi connectivity index (χ3n) is 16.4. The van der Waals surface area contributed by atoms with Gasteiger partial charge in [0.2, 0.25) is 0 Å². The number of fused-ring (bicyclic) bond motifs is 2. The number of rotatable bonds is 29. The summed E-state index contributed by atoms with van der Waals surface area (Å²) >= 11 is 0. The number of aldehydes is 1. The van der Waals surface area contributed by atoms with E-state index in [0.29, 0.717) is 30.3 Å². The fourth-order valence-electron chi connectivity index (χ4n) is 10.1. The minimum atomic E-state index is -0.386. The molecule has 57 heavy (non-hydrogen) atoms. The molecule has 0 spiro atoms. The molecule has 0 saturated heterocycles. The second-order valence-electron chi connectivity index (χ2n) is 21.9. The van der Waals surface area contributed by atoms with E-state index in [9.17, 15) is 9.59 Å². The number of allylic oxidation sites excluding steroid dienone is 4. The number of carbonyl (C=O) groups excluding carboxylic acids is 2. The first-order chi connectivity index (χ1) is 26.5. The van der Waals surface area contributed by atoms with Gasteiger partial charge in [0, 0.05) is 24.5 Å². The Morgan fingerprint density at radius 3 is 1.60 bits per heavy atom.